The minimum absolute atomic E-state index is 0.111. The third-order valence-electron chi connectivity index (χ3n) is 4.31. The standard InChI is InChI=1S/C21H17ClN4O2/c1-26-13-23-25-21(26)14-5-4-6-15(11-14)24-20(27)12-28-19-10-9-18(22)16-7-2-3-8-17(16)19/h2-11,13H,12H2,1H3,(H,24,27). The van der Waals surface area contributed by atoms with Crippen LogP contribution in [0.4, 0.5) is 5.69 Å². The van der Waals surface area contributed by atoms with Crippen molar-refractivity contribution in [2.45, 2.75) is 0 Å². The number of hydrogen-bond donors (Lipinski definition) is 1. The Kier molecular flexibility index (Phi) is 4.95. The fraction of sp³-hybridized carbons (Fsp3) is 0.0952. The summed E-state index contributed by atoms with van der Waals surface area (Å²) in [6, 6.07) is 18.6. The molecule has 0 radical (unpaired) electrons. The molecule has 0 atom stereocenters. The zero-order valence-corrected chi connectivity index (χ0v) is 15.8. The molecule has 1 N–H and O–H groups in total. The molecule has 0 unspecified atom stereocenters. The van der Waals surface area contributed by atoms with Gasteiger partial charge < -0.3 is 14.6 Å². The summed E-state index contributed by atoms with van der Waals surface area (Å²) in [6.07, 6.45) is 1.63. The molecular formula is C21H17ClN4O2. The van der Waals surface area contributed by atoms with Crippen molar-refractivity contribution >= 4 is 34.0 Å². The molecule has 0 saturated carbocycles. The van der Waals surface area contributed by atoms with E-state index in [2.05, 4.69) is 15.5 Å². The molecular weight excluding hydrogens is 376 g/mol. The smallest absolute Gasteiger partial charge is 0.262 e. The number of nitrogens with one attached hydrogen (secondary N) is 1. The fourth-order valence-electron chi connectivity index (χ4n) is 2.98. The molecule has 6 nitrogen and oxygen atoms in total. The molecule has 140 valence electrons. The predicted octanol–water partition coefficient (Wildman–Crippen LogP) is 4.31. The van der Waals surface area contributed by atoms with Gasteiger partial charge in [0, 0.05) is 34.1 Å². The van der Waals surface area contributed by atoms with E-state index in [1.165, 1.54) is 0 Å². The number of ether oxygens (including phenoxy) is 1. The monoisotopic (exact) mass is 392 g/mol. The van der Waals surface area contributed by atoms with Crippen LogP contribution in [-0.2, 0) is 11.8 Å². The number of carbonyl (C=O) groups is 1. The van der Waals surface area contributed by atoms with Crippen LogP contribution in [0.25, 0.3) is 22.2 Å². The van der Waals surface area contributed by atoms with Gasteiger partial charge in [-0.2, -0.15) is 0 Å². The molecule has 1 amide bonds. The van der Waals surface area contributed by atoms with Gasteiger partial charge in [0.25, 0.3) is 5.91 Å². The van der Waals surface area contributed by atoms with E-state index in [-0.39, 0.29) is 12.5 Å². The quantitative estimate of drug-likeness (QED) is 0.549. The van der Waals surface area contributed by atoms with Gasteiger partial charge in [0.2, 0.25) is 0 Å². The Morgan fingerprint density at radius 2 is 1.93 bits per heavy atom. The Hall–Kier alpha value is -3.38. The summed E-state index contributed by atoms with van der Waals surface area (Å²) >= 11 is 6.22. The maximum atomic E-state index is 12.4. The molecule has 1 aromatic heterocycles. The zero-order valence-electron chi connectivity index (χ0n) is 15.1. The zero-order chi connectivity index (χ0) is 19.5. The van der Waals surface area contributed by atoms with Gasteiger partial charge in [-0.3, -0.25) is 4.79 Å². The minimum Gasteiger partial charge on any atom is -0.483 e. The lowest BCUT2D eigenvalue weighted by atomic mass is 10.1. The highest BCUT2D eigenvalue weighted by Crippen LogP contribution is 2.31. The van der Waals surface area contributed by atoms with Crippen LogP contribution in [0.15, 0.2) is 67.0 Å². The molecule has 1 heterocycles. The highest BCUT2D eigenvalue weighted by Gasteiger charge is 2.10. The Balaban J connectivity index is 1.46. The number of nitrogens with zero attached hydrogens (tertiary/aromatic N) is 3. The van der Waals surface area contributed by atoms with Crippen LogP contribution in [0, 0.1) is 0 Å². The van der Waals surface area contributed by atoms with Gasteiger partial charge in [0.15, 0.2) is 12.4 Å². The molecule has 7 heteroatoms. The largest absolute Gasteiger partial charge is 0.483 e. The van der Waals surface area contributed by atoms with E-state index in [0.29, 0.717) is 16.5 Å². The summed E-state index contributed by atoms with van der Waals surface area (Å²) in [5, 5.41) is 13.2. The fourth-order valence-corrected chi connectivity index (χ4v) is 3.21. The van der Waals surface area contributed by atoms with Gasteiger partial charge in [-0.25, -0.2) is 0 Å². The number of amides is 1. The molecule has 0 saturated heterocycles. The molecule has 0 aliphatic carbocycles. The van der Waals surface area contributed by atoms with Gasteiger partial charge in [0.1, 0.15) is 12.1 Å². The Morgan fingerprint density at radius 1 is 1.11 bits per heavy atom. The Bertz CT molecular complexity index is 1160. The second-order valence-corrected chi connectivity index (χ2v) is 6.68. The lowest BCUT2D eigenvalue weighted by Crippen LogP contribution is -2.20. The topological polar surface area (TPSA) is 69.0 Å². The van der Waals surface area contributed by atoms with Crippen molar-refractivity contribution in [3.05, 3.63) is 72.0 Å². The third-order valence-corrected chi connectivity index (χ3v) is 4.64. The molecule has 28 heavy (non-hydrogen) atoms. The number of halogens is 1. The van der Waals surface area contributed by atoms with Crippen molar-refractivity contribution in [3.8, 4) is 17.1 Å². The summed E-state index contributed by atoms with van der Waals surface area (Å²) in [6.45, 7) is -0.111. The van der Waals surface area contributed by atoms with Crippen molar-refractivity contribution in [1.82, 2.24) is 14.8 Å². The first-order valence-electron chi connectivity index (χ1n) is 8.66. The molecule has 0 bridgehead atoms. The Morgan fingerprint density at radius 3 is 2.71 bits per heavy atom. The van der Waals surface area contributed by atoms with E-state index in [9.17, 15) is 4.79 Å². The van der Waals surface area contributed by atoms with Gasteiger partial charge in [-0.1, -0.05) is 48.0 Å². The summed E-state index contributed by atoms with van der Waals surface area (Å²) in [5.41, 5.74) is 1.53. The van der Waals surface area contributed by atoms with Crippen molar-refractivity contribution in [2.24, 2.45) is 7.05 Å². The van der Waals surface area contributed by atoms with E-state index in [1.807, 2.05) is 60.1 Å². The molecule has 4 rings (SSSR count). The molecule has 0 spiro atoms. The van der Waals surface area contributed by atoms with Crippen LogP contribution in [0.1, 0.15) is 0 Å². The number of rotatable bonds is 5. The first-order chi connectivity index (χ1) is 13.6. The van der Waals surface area contributed by atoms with Crippen LogP contribution in [0.5, 0.6) is 5.75 Å². The summed E-state index contributed by atoms with van der Waals surface area (Å²) in [7, 11) is 1.87. The van der Waals surface area contributed by atoms with Gasteiger partial charge in [0.05, 0.1) is 0 Å². The van der Waals surface area contributed by atoms with Crippen LogP contribution in [0.2, 0.25) is 5.02 Å². The second kappa shape index (κ2) is 7.70. The second-order valence-electron chi connectivity index (χ2n) is 6.27. The number of carbonyl (C=O) groups excluding carboxylic acids is 1. The van der Waals surface area contributed by atoms with Crippen LogP contribution < -0.4 is 10.1 Å². The van der Waals surface area contributed by atoms with E-state index in [0.717, 1.165) is 22.2 Å². The average molecular weight is 393 g/mol. The van der Waals surface area contributed by atoms with E-state index in [1.54, 1.807) is 18.5 Å². The van der Waals surface area contributed by atoms with E-state index >= 15 is 0 Å². The normalized spacial score (nSPS) is 10.8. The maximum absolute atomic E-state index is 12.4. The molecule has 0 aliphatic heterocycles. The predicted molar refractivity (Wildman–Crippen MR) is 110 cm³/mol. The number of anilines is 1. The number of aromatic nitrogens is 3. The molecule has 4 aromatic rings. The van der Waals surface area contributed by atoms with Gasteiger partial charge in [-0.05, 0) is 24.3 Å². The first-order valence-corrected chi connectivity index (χ1v) is 9.04. The Labute approximate surface area is 166 Å². The molecule has 0 fully saturated rings. The first kappa shape index (κ1) is 18.0. The average Bonchev–Trinajstić information content (AvgIpc) is 3.14. The van der Waals surface area contributed by atoms with Crippen molar-refractivity contribution in [3.63, 3.8) is 0 Å². The lowest BCUT2D eigenvalue weighted by Gasteiger charge is -2.11. The number of benzene rings is 3. The van der Waals surface area contributed by atoms with Gasteiger partial charge in [-0.15, -0.1) is 10.2 Å². The summed E-state index contributed by atoms with van der Waals surface area (Å²) in [4.78, 5) is 12.4. The summed E-state index contributed by atoms with van der Waals surface area (Å²) in [5.74, 6) is 1.08. The van der Waals surface area contributed by atoms with E-state index < -0.39 is 0 Å². The van der Waals surface area contributed by atoms with Crippen LogP contribution >= 0.6 is 11.6 Å². The summed E-state index contributed by atoms with van der Waals surface area (Å²) < 4.78 is 7.55. The lowest BCUT2D eigenvalue weighted by molar-refractivity contribution is -0.118. The number of aryl methyl sites for hydroxylation is 1. The van der Waals surface area contributed by atoms with Crippen LogP contribution in [0.3, 0.4) is 0 Å². The highest BCUT2D eigenvalue weighted by atomic mass is 35.5. The highest BCUT2D eigenvalue weighted by molar-refractivity contribution is 6.35. The van der Waals surface area contributed by atoms with Crippen molar-refractivity contribution < 1.29 is 9.53 Å². The maximum Gasteiger partial charge on any atom is 0.262 e. The molecule has 3 aromatic carbocycles. The van der Waals surface area contributed by atoms with Crippen molar-refractivity contribution in [1.29, 1.82) is 0 Å². The van der Waals surface area contributed by atoms with Crippen molar-refractivity contribution in [2.75, 3.05) is 11.9 Å². The number of fused-ring (bicyclic) bond motifs is 1. The minimum atomic E-state index is -0.255. The number of hydrogen-bond acceptors (Lipinski definition) is 4. The third kappa shape index (κ3) is 3.68. The van der Waals surface area contributed by atoms with Crippen LogP contribution in [-0.4, -0.2) is 27.3 Å². The SMILES string of the molecule is Cn1cnnc1-c1cccc(NC(=O)COc2ccc(Cl)c3ccccc23)c1. The van der Waals surface area contributed by atoms with E-state index in [4.69, 9.17) is 16.3 Å². The van der Waals surface area contributed by atoms with Gasteiger partial charge >= 0.3 is 0 Å². The molecule has 0 aliphatic rings.